The van der Waals surface area contributed by atoms with Gasteiger partial charge in [0.1, 0.15) is 5.69 Å². The average Bonchev–Trinajstić information content (AvgIpc) is 2.76. The zero-order chi connectivity index (χ0) is 23.1. The summed E-state index contributed by atoms with van der Waals surface area (Å²) in [5.41, 5.74) is 2.41. The average molecular weight is 434 g/mol. The number of benzene rings is 2. The van der Waals surface area contributed by atoms with Crippen LogP contribution in [0.15, 0.2) is 60.8 Å². The number of rotatable bonds is 10. The number of aromatic nitrogens is 1. The highest BCUT2D eigenvalue weighted by Crippen LogP contribution is 2.19. The molecule has 2 aromatic carbocycles. The van der Waals surface area contributed by atoms with Crippen LogP contribution in [-0.4, -0.2) is 34.6 Å². The molecule has 0 aliphatic heterocycles. The van der Waals surface area contributed by atoms with Crippen molar-refractivity contribution in [2.24, 2.45) is 5.92 Å². The third kappa shape index (κ3) is 6.62. The van der Waals surface area contributed by atoms with Gasteiger partial charge in [-0.25, -0.2) is 0 Å². The summed E-state index contributed by atoms with van der Waals surface area (Å²) in [6.45, 7) is 6.66. The van der Waals surface area contributed by atoms with Crippen LogP contribution in [0, 0.1) is 12.8 Å². The first-order chi connectivity index (χ1) is 15.3. The van der Waals surface area contributed by atoms with Gasteiger partial charge in [-0.2, -0.15) is 0 Å². The number of pyridine rings is 1. The Labute approximate surface area is 189 Å². The summed E-state index contributed by atoms with van der Waals surface area (Å²) in [7, 11) is 0. The largest absolute Gasteiger partial charge is 0.481 e. The molecule has 3 aromatic rings. The third-order valence-corrected chi connectivity index (χ3v) is 5.42. The quantitative estimate of drug-likeness (QED) is 0.438. The summed E-state index contributed by atoms with van der Waals surface area (Å²) in [5.74, 6) is -0.731. The molecular formula is C26H31N3O3. The second-order valence-electron chi connectivity index (χ2n) is 8.69. The Kier molecular flexibility index (Phi) is 7.95. The monoisotopic (exact) mass is 433 g/mol. The molecule has 0 bridgehead atoms. The van der Waals surface area contributed by atoms with Gasteiger partial charge in [-0.15, -0.1) is 0 Å². The van der Waals surface area contributed by atoms with Crippen LogP contribution in [0.2, 0.25) is 0 Å². The van der Waals surface area contributed by atoms with Crippen molar-refractivity contribution in [1.29, 1.82) is 0 Å². The first kappa shape index (κ1) is 23.4. The minimum absolute atomic E-state index is 0.0301. The predicted octanol–water partition coefficient (Wildman–Crippen LogP) is 4.49. The van der Waals surface area contributed by atoms with Gasteiger partial charge in [0.15, 0.2) is 0 Å². The molecular weight excluding hydrogens is 402 g/mol. The molecule has 0 aliphatic carbocycles. The van der Waals surface area contributed by atoms with Crippen molar-refractivity contribution >= 4 is 22.6 Å². The Morgan fingerprint density at radius 3 is 2.38 bits per heavy atom. The predicted molar refractivity (Wildman–Crippen MR) is 127 cm³/mol. The van der Waals surface area contributed by atoms with Gasteiger partial charge in [0.2, 0.25) is 0 Å². The van der Waals surface area contributed by atoms with Crippen molar-refractivity contribution in [3.63, 3.8) is 0 Å². The van der Waals surface area contributed by atoms with E-state index in [0.717, 1.165) is 28.3 Å². The Morgan fingerprint density at radius 2 is 1.72 bits per heavy atom. The van der Waals surface area contributed by atoms with E-state index in [1.54, 1.807) is 12.3 Å². The Balaban J connectivity index is 1.71. The highest BCUT2D eigenvalue weighted by Gasteiger charge is 2.20. The van der Waals surface area contributed by atoms with Crippen LogP contribution < -0.4 is 10.6 Å². The minimum atomic E-state index is -0.868. The number of carbonyl (C=O) groups excluding carboxylic acids is 1. The highest BCUT2D eigenvalue weighted by molar-refractivity contribution is 5.96. The van der Waals surface area contributed by atoms with Crippen molar-refractivity contribution in [1.82, 2.24) is 15.6 Å². The second-order valence-corrected chi connectivity index (χ2v) is 8.69. The van der Waals surface area contributed by atoms with E-state index < -0.39 is 5.97 Å². The van der Waals surface area contributed by atoms with Gasteiger partial charge in [0, 0.05) is 30.2 Å². The third-order valence-electron chi connectivity index (χ3n) is 5.42. The van der Waals surface area contributed by atoms with Crippen molar-refractivity contribution in [3.8, 4) is 0 Å². The number of carbonyl (C=O) groups is 2. The normalized spacial score (nSPS) is 13.1. The molecule has 2 atom stereocenters. The van der Waals surface area contributed by atoms with E-state index in [1.165, 1.54) is 0 Å². The first-order valence-corrected chi connectivity index (χ1v) is 11.0. The number of carboxylic acids is 1. The number of nitrogens with one attached hydrogen (secondary N) is 2. The molecule has 0 unspecified atom stereocenters. The SMILES string of the molecule is Cc1ccc([C@@H](CC(=O)O)NC[C@H](CC(C)C)NC(=O)c2cc3ccccc3cn2)cc1. The molecule has 0 fully saturated rings. The Hall–Kier alpha value is -3.25. The molecule has 3 N–H and O–H groups in total. The molecule has 0 saturated carbocycles. The van der Waals surface area contributed by atoms with Crippen LogP contribution in [0.25, 0.3) is 10.8 Å². The molecule has 0 saturated heterocycles. The number of hydrogen-bond donors (Lipinski definition) is 3. The summed E-state index contributed by atoms with van der Waals surface area (Å²) in [6.07, 6.45) is 2.44. The molecule has 0 radical (unpaired) electrons. The van der Waals surface area contributed by atoms with Crippen molar-refractivity contribution in [2.75, 3.05) is 6.54 Å². The Bertz CT molecular complexity index is 1060. The summed E-state index contributed by atoms with van der Waals surface area (Å²) in [5, 5.41) is 17.8. The number of fused-ring (bicyclic) bond motifs is 1. The van der Waals surface area contributed by atoms with Gasteiger partial charge in [0.05, 0.1) is 6.42 Å². The molecule has 0 aliphatic rings. The maximum absolute atomic E-state index is 12.9. The lowest BCUT2D eigenvalue weighted by molar-refractivity contribution is -0.137. The van der Waals surface area contributed by atoms with Crippen LogP contribution in [0.5, 0.6) is 0 Å². The lowest BCUT2D eigenvalue weighted by atomic mass is 10.00. The molecule has 1 heterocycles. The molecule has 6 heteroatoms. The van der Waals surface area contributed by atoms with E-state index in [0.29, 0.717) is 18.2 Å². The van der Waals surface area contributed by atoms with E-state index in [9.17, 15) is 14.7 Å². The Morgan fingerprint density at radius 1 is 1.03 bits per heavy atom. The van der Waals surface area contributed by atoms with Crippen LogP contribution in [0.3, 0.4) is 0 Å². The van der Waals surface area contributed by atoms with Crippen LogP contribution in [0.1, 0.15) is 54.3 Å². The maximum Gasteiger partial charge on any atom is 0.305 e. The summed E-state index contributed by atoms with van der Waals surface area (Å²) >= 11 is 0. The lowest BCUT2D eigenvalue weighted by Crippen LogP contribution is -2.44. The number of hydrogen-bond acceptors (Lipinski definition) is 4. The fourth-order valence-electron chi connectivity index (χ4n) is 3.80. The topological polar surface area (TPSA) is 91.3 Å². The van der Waals surface area contributed by atoms with Crippen LogP contribution in [0.4, 0.5) is 0 Å². The smallest absolute Gasteiger partial charge is 0.305 e. The van der Waals surface area contributed by atoms with E-state index >= 15 is 0 Å². The lowest BCUT2D eigenvalue weighted by Gasteiger charge is -2.25. The van der Waals surface area contributed by atoms with Gasteiger partial charge in [-0.3, -0.25) is 14.6 Å². The second kappa shape index (κ2) is 10.9. The standard InChI is InChI=1S/C26H31N3O3/c1-17(2)12-22(16-28-23(14-25(30)31)19-10-8-18(3)9-11-19)29-26(32)24-13-20-6-4-5-7-21(20)15-27-24/h4-11,13,15,17,22-23,28H,12,14,16H2,1-3H3,(H,29,32)(H,30,31)/t22-,23+/m0/s1. The number of nitrogens with zero attached hydrogens (tertiary/aromatic N) is 1. The van der Waals surface area contributed by atoms with E-state index in [-0.39, 0.29) is 24.4 Å². The zero-order valence-corrected chi connectivity index (χ0v) is 18.8. The minimum Gasteiger partial charge on any atom is -0.481 e. The van der Waals surface area contributed by atoms with Crippen LogP contribution in [-0.2, 0) is 4.79 Å². The van der Waals surface area contributed by atoms with Gasteiger partial charge < -0.3 is 15.7 Å². The molecule has 3 rings (SSSR count). The molecule has 0 spiro atoms. The van der Waals surface area contributed by atoms with Gasteiger partial charge in [-0.05, 0) is 36.3 Å². The number of aryl methyl sites for hydroxylation is 1. The molecule has 32 heavy (non-hydrogen) atoms. The van der Waals surface area contributed by atoms with Gasteiger partial charge >= 0.3 is 5.97 Å². The van der Waals surface area contributed by atoms with E-state index in [1.807, 2.05) is 55.5 Å². The summed E-state index contributed by atoms with van der Waals surface area (Å²) < 4.78 is 0. The van der Waals surface area contributed by atoms with E-state index in [2.05, 4.69) is 29.5 Å². The van der Waals surface area contributed by atoms with Gasteiger partial charge in [-0.1, -0.05) is 67.9 Å². The zero-order valence-electron chi connectivity index (χ0n) is 18.8. The summed E-state index contributed by atoms with van der Waals surface area (Å²) in [6, 6.07) is 17.0. The number of carboxylic acid groups (broad SMARTS) is 1. The molecule has 6 nitrogen and oxygen atoms in total. The van der Waals surface area contributed by atoms with Crippen molar-refractivity contribution < 1.29 is 14.7 Å². The van der Waals surface area contributed by atoms with Gasteiger partial charge in [0.25, 0.3) is 5.91 Å². The first-order valence-electron chi connectivity index (χ1n) is 11.0. The molecule has 168 valence electrons. The molecule has 1 amide bonds. The number of aliphatic carboxylic acids is 1. The van der Waals surface area contributed by atoms with Crippen molar-refractivity contribution in [2.45, 2.75) is 45.7 Å². The fourth-order valence-corrected chi connectivity index (χ4v) is 3.80. The van der Waals surface area contributed by atoms with Crippen molar-refractivity contribution in [3.05, 3.63) is 77.6 Å². The fraction of sp³-hybridized carbons (Fsp3) is 0.346. The maximum atomic E-state index is 12.9. The number of amides is 1. The molecule has 1 aromatic heterocycles. The highest BCUT2D eigenvalue weighted by atomic mass is 16.4. The van der Waals surface area contributed by atoms with Crippen LogP contribution >= 0.6 is 0 Å². The summed E-state index contributed by atoms with van der Waals surface area (Å²) in [4.78, 5) is 28.7. The van der Waals surface area contributed by atoms with E-state index in [4.69, 9.17) is 0 Å².